The highest BCUT2D eigenvalue weighted by atomic mass is 19.4. The van der Waals surface area contributed by atoms with Crippen molar-refractivity contribution in [1.82, 2.24) is 0 Å². The van der Waals surface area contributed by atoms with E-state index in [1.807, 2.05) is 0 Å². The highest BCUT2D eigenvalue weighted by Gasteiger charge is 2.30. The van der Waals surface area contributed by atoms with E-state index in [-0.39, 0.29) is 23.7 Å². The molecule has 0 fully saturated rings. The summed E-state index contributed by atoms with van der Waals surface area (Å²) in [5.41, 5.74) is 1.12. The Labute approximate surface area is 130 Å². The van der Waals surface area contributed by atoms with Crippen molar-refractivity contribution in [3.8, 4) is 22.6 Å². The average molecular weight is 326 g/mol. The van der Waals surface area contributed by atoms with Gasteiger partial charge in [-0.15, -0.1) is 13.2 Å². The number of halogens is 3. The number of phenols is 1. The number of benzene rings is 2. The minimum Gasteiger partial charge on any atom is -0.507 e. The summed E-state index contributed by atoms with van der Waals surface area (Å²) in [6.07, 6.45) is -4.75. The van der Waals surface area contributed by atoms with E-state index in [0.717, 1.165) is 0 Å². The number of alkyl halides is 3. The van der Waals surface area contributed by atoms with E-state index in [1.54, 1.807) is 13.0 Å². The highest BCUT2D eigenvalue weighted by Crippen LogP contribution is 2.29. The Morgan fingerprint density at radius 2 is 1.70 bits per heavy atom. The number of phenolic OH excluding ortho intramolecular Hbond substituents is 1. The zero-order valence-corrected chi connectivity index (χ0v) is 12.1. The summed E-state index contributed by atoms with van der Waals surface area (Å²) in [4.78, 5) is 11.6. The number of ether oxygens (including phenoxy) is 2. The van der Waals surface area contributed by atoms with Gasteiger partial charge in [0, 0.05) is 0 Å². The molecule has 0 saturated heterocycles. The van der Waals surface area contributed by atoms with Crippen LogP contribution in [-0.4, -0.2) is 24.0 Å². The van der Waals surface area contributed by atoms with Gasteiger partial charge in [0.15, 0.2) is 0 Å². The minimum atomic E-state index is -4.75. The molecule has 1 N–H and O–H groups in total. The number of hydrogen-bond acceptors (Lipinski definition) is 4. The molecule has 0 aromatic heterocycles. The number of hydrogen-bond donors (Lipinski definition) is 1. The van der Waals surface area contributed by atoms with Gasteiger partial charge in [0.05, 0.1) is 6.61 Å². The average Bonchev–Trinajstić information content (AvgIpc) is 2.46. The quantitative estimate of drug-likeness (QED) is 0.858. The Kier molecular flexibility index (Phi) is 4.78. The summed E-state index contributed by atoms with van der Waals surface area (Å²) < 4.78 is 44.9. The van der Waals surface area contributed by atoms with E-state index in [2.05, 4.69) is 4.74 Å². The lowest BCUT2D eigenvalue weighted by Gasteiger charge is -2.10. The summed E-state index contributed by atoms with van der Waals surface area (Å²) in [6, 6.07) is 9.46. The van der Waals surface area contributed by atoms with Crippen molar-refractivity contribution in [2.24, 2.45) is 0 Å². The van der Waals surface area contributed by atoms with Gasteiger partial charge in [-0.25, -0.2) is 4.79 Å². The second-order valence-electron chi connectivity index (χ2n) is 4.52. The van der Waals surface area contributed by atoms with Crippen molar-refractivity contribution in [3.63, 3.8) is 0 Å². The third-order valence-corrected chi connectivity index (χ3v) is 2.91. The van der Waals surface area contributed by atoms with Gasteiger partial charge in [-0.1, -0.05) is 18.2 Å². The third-order valence-electron chi connectivity index (χ3n) is 2.91. The predicted octanol–water partition coefficient (Wildman–Crippen LogP) is 4.13. The summed E-state index contributed by atoms with van der Waals surface area (Å²) in [5, 5.41) is 9.88. The van der Waals surface area contributed by atoms with Gasteiger partial charge in [-0.2, -0.15) is 0 Å². The van der Waals surface area contributed by atoms with Crippen LogP contribution in [0, 0.1) is 0 Å². The van der Waals surface area contributed by atoms with Crippen LogP contribution in [0.2, 0.25) is 0 Å². The van der Waals surface area contributed by atoms with Gasteiger partial charge in [-0.3, -0.25) is 0 Å². The summed E-state index contributed by atoms with van der Waals surface area (Å²) in [7, 11) is 0. The lowest BCUT2D eigenvalue weighted by atomic mass is 10.0. The summed E-state index contributed by atoms with van der Waals surface area (Å²) in [6.45, 7) is 1.83. The molecule has 2 aromatic carbocycles. The van der Waals surface area contributed by atoms with E-state index in [0.29, 0.717) is 11.1 Å². The lowest BCUT2D eigenvalue weighted by molar-refractivity contribution is -0.274. The van der Waals surface area contributed by atoms with Gasteiger partial charge in [0.1, 0.15) is 17.1 Å². The SMILES string of the molecule is CCOC(=O)c1ccc(-c2ccc(OC(F)(F)F)cc2)cc1O. The van der Waals surface area contributed by atoms with Crippen LogP contribution in [0.5, 0.6) is 11.5 Å². The fourth-order valence-corrected chi connectivity index (χ4v) is 1.94. The number of rotatable bonds is 4. The van der Waals surface area contributed by atoms with E-state index in [4.69, 9.17) is 4.74 Å². The molecular weight excluding hydrogens is 313 g/mol. The summed E-state index contributed by atoms with van der Waals surface area (Å²) in [5.74, 6) is -1.25. The Bertz CT molecular complexity index is 693. The molecule has 122 valence electrons. The smallest absolute Gasteiger partial charge is 0.507 e. The molecular formula is C16H13F3O4. The van der Waals surface area contributed by atoms with Crippen LogP contribution < -0.4 is 4.74 Å². The molecule has 0 aliphatic carbocycles. The second-order valence-corrected chi connectivity index (χ2v) is 4.52. The van der Waals surface area contributed by atoms with E-state index in [9.17, 15) is 23.1 Å². The minimum absolute atomic E-state index is 0.0209. The maximum absolute atomic E-state index is 12.1. The van der Waals surface area contributed by atoms with Crippen LogP contribution in [0.1, 0.15) is 17.3 Å². The van der Waals surface area contributed by atoms with Crippen LogP contribution >= 0.6 is 0 Å². The zero-order valence-electron chi connectivity index (χ0n) is 12.1. The number of carbonyl (C=O) groups excluding carboxylic acids is 1. The highest BCUT2D eigenvalue weighted by molar-refractivity contribution is 5.93. The van der Waals surface area contributed by atoms with Crippen LogP contribution in [0.15, 0.2) is 42.5 Å². The van der Waals surface area contributed by atoms with E-state index < -0.39 is 12.3 Å². The van der Waals surface area contributed by atoms with E-state index in [1.165, 1.54) is 36.4 Å². The summed E-state index contributed by atoms with van der Waals surface area (Å²) >= 11 is 0. The van der Waals surface area contributed by atoms with Crippen molar-refractivity contribution in [2.45, 2.75) is 13.3 Å². The monoisotopic (exact) mass is 326 g/mol. The van der Waals surface area contributed by atoms with Gasteiger partial charge in [-0.05, 0) is 42.3 Å². The van der Waals surface area contributed by atoms with Crippen molar-refractivity contribution in [2.75, 3.05) is 6.61 Å². The molecule has 7 heteroatoms. The maximum atomic E-state index is 12.1. The topological polar surface area (TPSA) is 55.8 Å². The molecule has 23 heavy (non-hydrogen) atoms. The van der Waals surface area contributed by atoms with Gasteiger partial charge in [0.25, 0.3) is 0 Å². The number of aromatic hydroxyl groups is 1. The third kappa shape index (κ3) is 4.38. The van der Waals surface area contributed by atoms with Crippen LogP contribution in [0.3, 0.4) is 0 Å². The van der Waals surface area contributed by atoms with Crippen LogP contribution in [0.25, 0.3) is 11.1 Å². The molecule has 2 rings (SSSR count). The molecule has 0 heterocycles. The zero-order chi connectivity index (χ0) is 17.0. The fourth-order valence-electron chi connectivity index (χ4n) is 1.94. The Morgan fingerprint density at radius 1 is 1.09 bits per heavy atom. The molecule has 0 amide bonds. The van der Waals surface area contributed by atoms with E-state index >= 15 is 0 Å². The molecule has 0 unspecified atom stereocenters. The van der Waals surface area contributed by atoms with Gasteiger partial charge >= 0.3 is 12.3 Å². The normalized spacial score (nSPS) is 11.1. The molecule has 0 radical (unpaired) electrons. The number of carbonyl (C=O) groups is 1. The van der Waals surface area contributed by atoms with Crippen molar-refractivity contribution < 1.29 is 32.5 Å². The van der Waals surface area contributed by atoms with Crippen molar-refractivity contribution in [3.05, 3.63) is 48.0 Å². The first-order valence-electron chi connectivity index (χ1n) is 6.66. The standard InChI is InChI=1S/C16H13F3O4/c1-2-22-15(21)13-8-5-11(9-14(13)20)10-3-6-12(7-4-10)23-16(17,18)19/h3-9,20H,2H2,1H3. The molecule has 0 aliphatic rings. The molecule has 0 bridgehead atoms. The first kappa shape index (κ1) is 16.7. The molecule has 0 atom stereocenters. The molecule has 0 spiro atoms. The molecule has 4 nitrogen and oxygen atoms in total. The second kappa shape index (κ2) is 6.60. The maximum Gasteiger partial charge on any atom is 0.573 e. The molecule has 2 aromatic rings. The molecule has 0 aliphatic heterocycles. The number of esters is 1. The lowest BCUT2D eigenvalue weighted by Crippen LogP contribution is -2.16. The Morgan fingerprint density at radius 3 is 2.22 bits per heavy atom. The van der Waals surface area contributed by atoms with Crippen LogP contribution in [-0.2, 0) is 4.74 Å². The first-order valence-corrected chi connectivity index (χ1v) is 6.66. The van der Waals surface area contributed by atoms with Crippen LogP contribution in [0.4, 0.5) is 13.2 Å². The van der Waals surface area contributed by atoms with Gasteiger partial charge < -0.3 is 14.6 Å². The largest absolute Gasteiger partial charge is 0.573 e. The van der Waals surface area contributed by atoms with Gasteiger partial charge in [0.2, 0.25) is 0 Å². The first-order chi connectivity index (χ1) is 10.8. The van der Waals surface area contributed by atoms with Crippen molar-refractivity contribution >= 4 is 5.97 Å². The predicted molar refractivity (Wildman–Crippen MR) is 76.2 cm³/mol. The Hall–Kier alpha value is -2.70. The fraction of sp³-hybridized carbons (Fsp3) is 0.188. The molecule has 0 saturated carbocycles. The Balaban J connectivity index is 2.22. The van der Waals surface area contributed by atoms with Crippen molar-refractivity contribution in [1.29, 1.82) is 0 Å².